The lowest BCUT2D eigenvalue weighted by Gasteiger charge is -2.44. The molecule has 2 nitrogen and oxygen atoms in total. The van der Waals surface area contributed by atoms with Crippen molar-refractivity contribution in [3.05, 3.63) is 0 Å². The van der Waals surface area contributed by atoms with E-state index in [-0.39, 0.29) is 12.7 Å². The quantitative estimate of drug-likeness (QED) is 0.823. The van der Waals surface area contributed by atoms with Crippen molar-refractivity contribution >= 4 is 0 Å². The van der Waals surface area contributed by atoms with E-state index < -0.39 is 0 Å². The molecule has 0 amide bonds. The standard InChI is InChI=1S/C17H30O2/c1-16(2)8-4-9-17(3)12-6-5-11(14(12)16)15(17)13(19)7-10-18/h11-15,18-19H,4-10H2,1-3H3/t11-,12+,13+,14+,15+,17-/m0/s1. The number of hydrogen-bond donors (Lipinski definition) is 2. The summed E-state index contributed by atoms with van der Waals surface area (Å²) in [6.45, 7) is 7.47. The van der Waals surface area contributed by atoms with Crippen LogP contribution in [0.15, 0.2) is 0 Å². The average molecular weight is 266 g/mol. The van der Waals surface area contributed by atoms with Crippen LogP contribution in [0.3, 0.4) is 0 Å². The van der Waals surface area contributed by atoms with Crippen molar-refractivity contribution in [2.75, 3.05) is 6.61 Å². The molecule has 3 saturated carbocycles. The molecule has 0 aliphatic heterocycles. The number of rotatable bonds is 3. The second-order valence-electron chi connectivity index (χ2n) is 8.33. The minimum Gasteiger partial charge on any atom is -0.396 e. The third-order valence-corrected chi connectivity index (χ3v) is 7.05. The van der Waals surface area contributed by atoms with Gasteiger partial charge in [0.05, 0.1) is 6.10 Å². The molecule has 0 aromatic heterocycles. The van der Waals surface area contributed by atoms with Crippen molar-refractivity contribution < 1.29 is 10.2 Å². The molecule has 4 bridgehead atoms. The van der Waals surface area contributed by atoms with Crippen molar-refractivity contribution in [2.24, 2.45) is 34.5 Å². The SMILES string of the molecule is CC1(C)CCC[C@]2(C)[C@@H]([C@H](O)CCO)[C@H]3CC[C@@H]2[C@@H]31. The molecule has 0 aromatic carbocycles. The molecule has 19 heavy (non-hydrogen) atoms. The van der Waals surface area contributed by atoms with E-state index in [1.165, 1.54) is 32.1 Å². The van der Waals surface area contributed by atoms with Crippen LogP contribution in [-0.2, 0) is 0 Å². The van der Waals surface area contributed by atoms with Crippen LogP contribution in [0.2, 0.25) is 0 Å². The lowest BCUT2D eigenvalue weighted by Crippen LogP contribution is -2.41. The van der Waals surface area contributed by atoms with Gasteiger partial charge in [-0.1, -0.05) is 27.2 Å². The van der Waals surface area contributed by atoms with Gasteiger partial charge in [-0.15, -0.1) is 0 Å². The summed E-state index contributed by atoms with van der Waals surface area (Å²) in [6.07, 6.45) is 6.90. The van der Waals surface area contributed by atoms with Crippen LogP contribution in [0, 0.1) is 34.5 Å². The molecule has 0 radical (unpaired) electrons. The molecule has 0 aromatic rings. The second kappa shape index (κ2) is 4.46. The Balaban J connectivity index is 1.96. The van der Waals surface area contributed by atoms with Crippen molar-refractivity contribution in [1.29, 1.82) is 0 Å². The molecule has 2 N–H and O–H groups in total. The van der Waals surface area contributed by atoms with Gasteiger partial charge in [0, 0.05) is 6.61 Å². The first-order valence-corrected chi connectivity index (χ1v) is 8.21. The van der Waals surface area contributed by atoms with Gasteiger partial charge in [-0.3, -0.25) is 0 Å². The van der Waals surface area contributed by atoms with Crippen LogP contribution >= 0.6 is 0 Å². The summed E-state index contributed by atoms with van der Waals surface area (Å²) in [6, 6.07) is 0. The maximum absolute atomic E-state index is 10.6. The fourth-order valence-corrected chi connectivity index (χ4v) is 6.51. The maximum atomic E-state index is 10.6. The lowest BCUT2D eigenvalue weighted by molar-refractivity contribution is -0.0310. The van der Waals surface area contributed by atoms with E-state index in [4.69, 9.17) is 0 Å². The van der Waals surface area contributed by atoms with E-state index in [0.29, 0.717) is 29.1 Å². The predicted octanol–water partition coefficient (Wildman–Crippen LogP) is 3.22. The maximum Gasteiger partial charge on any atom is 0.0598 e. The zero-order chi connectivity index (χ0) is 13.8. The first-order valence-electron chi connectivity index (χ1n) is 8.21. The largest absolute Gasteiger partial charge is 0.396 e. The Hall–Kier alpha value is -0.0800. The van der Waals surface area contributed by atoms with Gasteiger partial charge < -0.3 is 10.2 Å². The predicted molar refractivity (Wildman–Crippen MR) is 76.6 cm³/mol. The summed E-state index contributed by atoms with van der Waals surface area (Å²) in [5.74, 6) is 2.75. The molecule has 2 heteroatoms. The highest BCUT2D eigenvalue weighted by Gasteiger charge is 2.65. The molecule has 3 fully saturated rings. The first-order chi connectivity index (χ1) is 8.92. The molecule has 0 unspecified atom stereocenters. The number of aliphatic hydroxyl groups excluding tert-OH is 2. The Kier molecular flexibility index (Phi) is 3.26. The molecule has 0 saturated heterocycles. The third-order valence-electron chi connectivity index (χ3n) is 7.05. The monoisotopic (exact) mass is 266 g/mol. The van der Waals surface area contributed by atoms with Crippen LogP contribution in [-0.4, -0.2) is 22.9 Å². The highest BCUT2D eigenvalue weighted by Crippen LogP contribution is 2.71. The van der Waals surface area contributed by atoms with E-state index in [9.17, 15) is 10.2 Å². The molecule has 0 heterocycles. The average Bonchev–Trinajstić information content (AvgIpc) is 2.80. The molecule has 3 rings (SSSR count). The highest BCUT2D eigenvalue weighted by atomic mass is 16.3. The zero-order valence-electron chi connectivity index (χ0n) is 12.7. The third kappa shape index (κ3) is 1.82. The summed E-state index contributed by atoms with van der Waals surface area (Å²) in [5, 5.41) is 19.8. The Morgan fingerprint density at radius 2 is 1.89 bits per heavy atom. The van der Waals surface area contributed by atoms with Gasteiger partial charge in [0.1, 0.15) is 0 Å². The summed E-state index contributed by atoms with van der Waals surface area (Å²) >= 11 is 0. The summed E-state index contributed by atoms with van der Waals surface area (Å²) in [5.41, 5.74) is 0.771. The smallest absolute Gasteiger partial charge is 0.0598 e. The normalized spacial score (nSPS) is 49.1. The van der Waals surface area contributed by atoms with E-state index in [1.807, 2.05) is 0 Å². The number of hydrogen-bond acceptors (Lipinski definition) is 2. The molecular formula is C17H30O2. The molecule has 110 valence electrons. The van der Waals surface area contributed by atoms with Gasteiger partial charge in [0.2, 0.25) is 0 Å². The van der Waals surface area contributed by atoms with Crippen LogP contribution in [0.5, 0.6) is 0 Å². The van der Waals surface area contributed by atoms with Gasteiger partial charge in [-0.25, -0.2) is 0 Å². The summed E-state index contributed by atoms with van der Waals surface area (Å²) in [4.78, 5) is 0. The number of aliphatic hydroxyl groups is 2. The minimum absolute atomic E-state index is 0.124. The van der Waals surface area contributed by atoms with Gasteiger partial charge in [-0.2, -0.15) is 0 Å². The fraction of sp³-hybridized carbons (Fsp3) is 1.00. The highest BCUT2D eigenvalue weighted by molar-refractivity contribution is 5.14. The van der Waals surface area contributed by atoms with E-state index in [1.54, 1.807) is 0 Å². The lowest BCUT2D eigenvalue weighted by atomic mass is 9.62. The Morgan fingerprint density at radius 1 is 1.16 bits per heavy atom. The van der Waals surface area contributed by atoms with Gasteiger partial charge in [0.25, 0.3) is 0 Å². The van der Waals surface area contributed by atoms with Crippen molar-refractivity contribution in [2.45, 2.75) is 65.4 Å². The van der Waals surface area contributed by atoms with Crippen LogP contribution in [0.4, 0.5) is 0 Å². The second-order valence-corrected chi connectivity index (χ2v) is 8.33. The van der Waals surface area contributed by atoms with E-state index in [0.717, 1.165) is 11.8 Å². The van der Waals surface area contributed by atoms with Crippen LogP contribution < -0.4 is 0 Å². The van der Waals surface area contributed by atoms with Crippen LogP contribution in [0.25, 0.3) is 0 Å². The zero-order valence-corrected chi connectivity index (χ0v) is 12.7. The molecule has 0 spiro atoms. The van der Waals surface area contributed by atoms with E-state index >= 15 is 0 Å². The van der Waals surface area contributed by atoms with Gasteiger partial charge in [0.15, 0.2) is 0 Å². The Morgan fingerprint density at radius 3 is 2.58 bits per heavy atom. The van der Waals surface area contributed by atoms with Crippen molar-refractivity contribution in [1.82, 2.24) is 0 Å². The molecular weight excluding hydrogens is 236 g/mol. The molecule has 3 aliphatic carbocycles. The topological polar surface area (TPSA) is 40.5 Å². The van der Waals surface area contributed by atoms with Crippen molar-refractivity contribution in [3.8, 4) is 0 Å². The molecule has 3 aliphatic rings. The Bertz CT molecular complexity index is 351. The summed E-state index contributed by atoms with van der Waals surface area (Å²) < 4.78 is 0. The van der Waals surface area contributed by atoms with Gasteiger partial charge >= 0.3 is 0 Å². The Labute approximate surface area is 117 Å². The summed E-state index contributed by atoms with van der Waals surface area (Å²) in [7, 11) is 0. The van der Waals surface area contributed by atoms with Crippen LogP contribution in [0.1, 0.15) is 59.3 Å². The minimum atomic E-state index is -0.290. The van der Waals surface area contributed by atoms with Gasteiger partial charge in [-0.05, 0) is 66.6 Å². The molecule has 6 atom stereocenters. The fourth-order valence-electron chi connectivity index (χ4n) is 6.51. The van der Waals surface area contributed by atoms with E-state index in [2.05, 4.69) is 20.8 Å². The van der Waals surface area contributed by atoms with Crippen molar-refractivity contribution in [3.63, 3.8) is 0 Å². The first kappa shape index (κ1) is 13.9.